The molecule has 0 aromatic heterocycles. The molecular formula is C24H20N2O9. The van der Waals surface area contributed by atoms with Crippen LogP contribution in [0.1, 0.15) is 11.1 Å². The Morgan fingerprint density at radius 2 is 1.54 bits per heavy atom. The quantitative estimate of drug-likeness (QED) is 0.133. The molecule has 0 saturated carbocycles. The number of carbonyl (C=O) groups is 1. The van der Waals surface area contributed by atoms with Crippen LogP contribution in [0.15, 0.2) is 60.7 Å². The van der Waals surface area contributed by atoms with E-state index in [0.717, 1.165) is 6.07 Å². The molecular weight excluding hydrogens is 460 g/mol. The highest BCUT2D eigenvalue weighted by atomic mass is 16.6. The molecule has 0 atom stereocenters. The second-order valence-corrected chi connectivity index (χ2v) is 6.91. The molecule has 0 radical (unpaired) electrons. The van der Waals surface area contributed by atoms with E-state index >= 15 is 0 Å². The molecule has 35 heavy (non-hydrogen) atoms. The number of hydrogen-bond acceptors (Lipinski definition) is 9. The van der Waals surface area contributed by atoms with Crippen LogP contribution >= 0.6 is 0 Å². The standard InChI is InChI=1S/C24H20N2O9/c1-32-20-5-3-4-6-21(20)34-15-24(27)35-22-12-8-16(13-23(22)33-2)7-9-17-10-11-18(25(28)29)14-19(17)26(30)31/h3-14H,15H2,1-2H3. The Bertz CT molecular complexity index is 1290. The first-order chi connectivity index (χ1) is 16.8. The summed E-state index contributed by atoms with van der Waals surface area (Å²) in [5, 5.41) is 22.2. The lowest BCUT2D eigenvalue weighted by atomic mass is 10.1. The summed E-state index contributed by atoms with van der Waals surface area (Å²) in [5.74, 6) is 0.594. The topological polar surface area (TPSA) is 140 Å². The number of esters is 1. The van der Waals surface area contributed by atoms with Gasteiger partial charge in [0, 0.05) is 6.07 Å². The van der Waals surface area contributed by atoms with Crippen molar-refractivity contribution in [2.45, 2.75) is 0 Å². The Hall–Kier alpha value is -4.93. The Balaban J connectivity index is 1.72. The summed E-state index contributed by atoms with van der Waals surface area (Å²) in [6.07, 6.45) is 3.01. The van der Waals surface area contributed by atoms with Crippen molar-refractivity contribution in [1.82, 2.24) is 0 Å². The minimum Gasteiger partial charge on any atom is -0.493 e. The van der Waals surface area contributed by atoms with E-state index in [4.69, 9.17) is 18.9 Å². The van der Waals surface area contributed by atoms with Crippen molar-refractivity contribution < 1.29 is 33.6 Å². The molecule has 0 unspecified atom stereocenters. The van der Waals surface area contributed by atoms with Crippen LogP contribution in [0, 0.1) is 20.2 Å². The van der Waals surface area contributed by atoms with Crippen LogP contribution in [-0.4, -0.2) is 36.6 Å². The SMILES string of the molecule is COc1ccccc1OCC(=O)Oc1ccc(C=Cc2ccc([N+](=O)[O-])cc2[N+](=O)[O-])cc1OC. The lowest BCUT2D eigenvalue weighted by molar-refractivity contribution is -0.394. The first-order valence-electron chi connectivity index (χ1n) is 10.1. The van der Waals surface area contributed by atoms with Gasteiger partial charge in [-0.3, -0.25) is 20.2 Å². The first-order valence-corrected chi connectivity index (χ1v) is 10.1. The second kappa shape index (κ2) is 11.3. The summed E-state index contributed by atoms with van der Waals surface area (Å²) in [5.41, 5.74) is -0.0116. The van der Waals surface area contributed by atoms with E-state index in [2.05, 4.69) is 0 Å². The molecule has 0 fully saturated rings. The van der Waals surface area contributed by atoms with Gasteiger partial charge in [-0.15, -0.1) is 0 Å². The number of carbonyl (C=O) groups excluding carboxylic acids is 1. The van der Waals surface area contributed by atoms with E-state index in [0.29, 0.717) is 17.1 Å². The zero-order chi connectivity index (χ0) is 25.4. The summed E-state index contributed by atoms with van der Waals surface area (Å²) in [6, 6.07) is 14.9. The highest BCUT2D eigenvalue weighted by Gasteiger charge is 2.18. The number of para-hydroxylation sites is 2. The minimum absolute atomic E-state index is 0.152. The fraction of sp³-hybridized carbons (Fsp3) is 0.125. The van der Waals surface area contributed by atoms with Gasteiger partial charge in [-0.05, 0) is 42.0 Å². The molecule has 0 aliphatic heterocycles. The predicted octanol–water partition coefficient (Wildman–Crippen LogP) is 4.68. The molecule has 3 aromatic carbocycles. The van der Waals surface area contributed by atoms with Crippen molar-refractivity contribution in [2.24, 2.45) is 0 Å². The third-order valence-corrected chi connectivity index (χ3v) is 4.70. The van der Waals surface area contributed by atoms with Crippen LogP contribution in [0.4, 0.5) is 11.4 Å². The summed E-state index contributed by atoms with van der Waals surface area (Å²) in [4.78, 5) is 33.1. The van der Waals surface area contributed by atoms with Gasteiger partial charge in [0.05, 0.1) is 35.7 Å². The van der Waals surface area contributed by atoms with Crippen LogP contribution in [0.25, 0.3) is 12.2 Å². The zero-order valence-electron chi connectivity index (χ0n) is 18.7. The Labute approximate surface area is 199 Å². The van der Waals surface area contributed by atoms with E-state index in [1.807, 2.05) is 0 Å². The van der Waals surface area contributed by atoms with Crippen molar-refractivity contribution in [3.63, 3.8) is 0 Å². The van der Waals surface area contributed by atoms with Gasteiger partial charge >= 0.3 is 5.97 Å². The van der Waals surface area contributed by atoms with Gasteiger partial charge < -0.3 is 18.9 Å². The fourth-order valence-electron chi connectivity index (χ4n) is 3.03. The number of nitro benzene ring substituents is 2. The van der Waals surface area contributed by atoms with Gasteiger partial charge in [-0.1, -0.05) is 24.3 Å². The smallest absolute Gasteiger partial charge is 0.349 e. The van der Waals surface area contributed by atoms with E-state index in [1.165, 1.54) is 38.5 Å². The van der Waals surface area contributed by atoms with Gasteiger partial charge in [0.1, 0.15) is 0 Å². The molecule has 3 aromatic rings. The Morgan fingerprint density at radius 3 is 2.20 bits per heavy atom. The molecule has 3 rings (SSSR count). The third-order valence-electron chi connectivity index (χ3n) is 4.70. The van der Waals surface area contributed by atoms with Gasteiger partial charge in [0.15, 0.2) is 29.6 Å². The van der Waals surface area contributed by atoms with E-state index < -0.39 is 21.5 Å². The molecule has 0 N–H and O–H groups in total. The van der Waals surface area contributed by atoms with Gasteiger partial charge in [-0.2, -0.15) is 0 Å². The first kappa shape index (κ1) is 24.7. The maximum absolute atomic E-state index is 12.3. The largest absolute Gasteiger partial charge is 0.493 e. The molecule has 0 amide bonds. The highest BCUT2D eigenvalue weighted by molar-refractivity contribution is 5.77. The number of nitrogens with zero attached hydrogens (tertiary/aromatic N) is 2. The molecule has 0 bridgehead atoms. The molecule has 0 heterocycles. The average Bonchev–Trinajstić information content (AvgIpc) is 2.86. The van der Waals surface area contributed by atoms with Gasteiger partial charge in [-0.25, -0.2) is 4.79 Å². The summed E-state index contributed by atoms with van der Waals surface area (Å²) in [6.45, 7) is -0.366. The number of ether oxygens (including phenoxy) is 4. The summed E-state index contributed by atoms with van der Waals surface area (Å²) < 4.78 is 21.2. The van der Waals surface area contributed by atoms with E-state index in [9.17, 15) is 25.0 Å². The maximum Gasteiger partial charge on any atom is 0.349 e. The Morgan fingerprint density at radius 1 is 0.829 bits per heavy atom. The van der Waals surface area contributed by atoms with E-state index in [1.54, 1.807) is 42.5 Å². The Kier molecular flexibility index (Phi) is 7.96. The van der Waals surface area contributed by atoms with Crippen LogP contribution in [0.2, 0.25) is 0 Å². The predicted molar refractivity (Wildman–Crippen MR) is 126 cm³/mol. The molecule has 0 spiro atoms. The number of hydrogen-bond donors (Lipinski definition) is 0. The van der Waals surface area contributed by atoms with E-state index in [-0.39, 0.29) is 29.4 Å². The van der Waals surface area contributed by atoms with Crippen LogP contribution in [-0.2, 0) is 4.79 Å². The van der Waals surface area contributed by atoms with Crippen molar-refractivity contribution >= 4 is 29.5 Å². The number of nitro groups is 2. The number of rotatable bonds is 10. The van der Waals surface area contributed by atoms with Gasteiger partial charge in [0.2, 0.25) is 0 Å². The molecule has 0 aliphatic rings. The normalized spacial score (nSPS) is 10.6. The average molecular weight is 480 g/mol. The number of non-ortho nitro benzene ring substituents is 1. The summed E-state index contributed by atoms with van der Waals surface area (Å²) >= 11 is 0. The van der Waals surface area contributed by atoms with Crippen molar-refractivity contribution in [1.29, 1.82) is 0 Å². The zero-order valence-corrected chi connectivity index (χ0v) is 18.7. The minimum atomic E-state index is -0.702. The fourth-order valence-corrected chi connectivity index (χ4v) is 3.03. The third kappa shape index (κ3) is 6.32. The lowest BCUT2D eigenvalue weighted by Crippen LogP contribution is -2.18. The maximum atomic E-state index is 12.3. The van der Waals surface area contributed by atoms with Crippen LogP contribution < -0.4 is 18.9 Å². The van der Waals surface area contributed by atoms with Crippen molar-refractivity contribution in [3.8, 4) is 23.0 Å². The molecule has 0 aliphatic carbocycles. The molecule has 11 nitrogen and oxygen atoms in total. The van der Waals surface area contributed by atoms with Crippen molar-refractivity contribution in [3.05, 3.63) is 92.0 Å². The molecule has 0 saturated heterocycles. The van der Waals surface area contributed by atoms with Gasteiger partial charge in [0.25, 0.3) is 11.4 Å². The van der Waals surface area contributed by atoms with Crippen molar-refractivity contribution in [2.75, 3.05) is 20.8 Å². The monoisotopic (exact) mass is 480 g/mol. The highest BCUT2D eigenvalue weighted by Crippen LogP contribution is 2.31. The molecule has 11 heteroatoms. The summed E-state index contributed by atoms with van der Waals surface area (Å²) in [7, 11) is 2.88. The lowest BCUT2D eigenvalue weighted by Gasteiger charge is -2.12. The number of benzene rings is 3. The molecule has 180 valence electrons. The second-order valence-electron chi connectivity index (χ2n) is 6.91. The van der Waals surface area contributed by atoms with Crippen LogP contribution in [0.5, 0.6) is 23.0 Å². The van der Waals surface area contributed by atoms with Crippen LogP contribution in [0.3, 0.4) is 0 Å². The number of methoxy groups -OCH3 is 2.